The van der Waals surface area contributed by atoms with Crippen molar-refractivity contribution in [2.75, 3.05) is 24.7 Å². The van der Waals surface area contributed by atoms with Crippen molar-refractivity contribution in [1.82, 2.24) is 0 Å². The standard InChI is InChI=1S/C17H17O2S.C2H6/c1-2-4-16-13(3-1)11-14-12-15(5-6-17(14)19-16)20-9-7-18-8-10-20;1-2/h1-6,12H,7-11H2;1-2H3/q+1;. The molecule has 0 spiro atoms. The molecule has 2 aromatic carbocycles. The van der Waals surface area contributed by atoms with E-state index in [4.69, 9.17) is 9.47 Å². The number of para-hydroxylation sites is 1. The Morgan fingerprint density at radius 3 is 2.41 bits per heavy atom. The van der Waals surface area contributed by atoms with Crippen LogP contribution in [0.5, 0.6) is 11.5 Å². The Morgan fingerprint density at radius 2 is 1.59 bits per heavy atom. The van der Waals surface area contributed by atoms with Crippen molar-refractivity contribution in [2.45, 2.75) is 25.2 Å². The fraction of sp³-hybridized carbons (Fsp3) is 0.368. The van der Waals surface area contributed by atoms with Crippen molar-refractivity contribution in [3.8, 4) is 11.5 Å². The van der Waals surface area contributed by atoms with Crippen LogP contribution in [0.15, 0.2) is 47.4 Å². The minimum atomic E-state index is 0.356. The van der Waals surface area contributed by atoms with Crippen molar-refractivity contribution in [3.05, 3.63) is 53.6 Å². The van der Waals surface area contributed by atoms with Gasteiger partial charge >= 0.3 is 0 Å². The molecule has 1 saturated heterocycles. The maximum Gasteiger partial charge on any atom is 0.155 e. The fourth-order valence-electron chi connectivity index (χ4n) is 2.81. The molecule has 0 saturated carbocycles. The van der Waals surface area contributed by atoms with E-state index < -0.39 is 0 Å². The summed E-state index contributed by atoms with van der Waals surface area (Å²) in [6.45, 7) is 5.80. The SMILES string of the molecule is CC.c1ccc2c(c1)Cc1cc([S+]3CCOCC3)ccc1O2. The molecule has 22 heavy (non-hydrogen) atoms. The fourth-order valence-corrected chi connectivity index (χ4v) is 4.69. The second-order valence-electron chi connectivity index (χ2n) is 5.17. The van der Waals surface area contributed by atoms with E-state index in [0.717, 1.165) is 42.6 Å². The Balaban J connectivity index is 0.000000693. The highest BCUT2D eigenvalue weighted by atomic mass is 32.2. The Morgan fingerprint density at radius 1 is 0.864 bits per heavy atom. The lowest BCUT2D eigenvalue weighted by atomic mass is 10.0. The first-order valence-electron chi connectivity index (χ1n) is 8.04. The van der Waals surface area contributed by atoms with Gasteiger partial charge in [0.2, 0.25) is 0 Å². The minimum absolute atomic E-state index is 0.356. The van der Waals surface area contributed by atoms with Crippen molar-refractivity contribution in [2.24, 2.45) is 0 Å². The maximum absolute atomic E-state index is 6.00. The zero-order valence-electron chi connectivity index (χ0n) is 13.3. The number of hydrogen-bond acceptors (Lipinski definition) is 2. The normalized spacial score (nSPS) is 16.6. The van der Waals surface area contributed by atoms with Crippen LogP contribution in [-0.2, 0) is 22.1 Å². The molecule has 0 radical (unpaired) electrons. The molecule has 2 heterocycles. The summed E-state index contributed by atoms with van der Waals surface area (Å²) in [4.78, 5) is 1.47. The molecular formula is C19H23O2S+. The topological polar surface area (TPSA) is 18.5 Å². The number of hydrogen-bond donors (Lipinski definition) is 0. The first-order valence-corrected chi connectivity index (χ1v) is 9.60. The van der Waals surface area contributed by atoms with E-state index in [2.05, 4.69) is 30.3 Å². The lowest BCUT2D eigenvalue weighted by molar-refractivity contribution is 0.159. The second-order valence-corrected chi connectivity index (χ2v) is 7.44. The number of rotatable bonds is 1. The Labute approximate surface area is 135 Å². The van der Waals surface area contributed by atoms with Crippen LogP contribution in [0.1, 0.15) is 25.0 Å². The van der Waals surface area contributed by atoms with Gasteiger partial charge in [-0.05, 0) is 23.8 Å². The van der Waals surface area contributed by atoms with Gasteiger partial charge in [-0.15, -0.1) is 0 Å². The molecule has 2 nitrogen and oxygen atoms in total. The number of ether oxygens (including phenoxy) is 2. The van der Waals surface area contributed by atoms with Gasteiger partial charge in [-0.3, -0.25) is 0 Å². The molecule has 0 atom stereocenters. The van der Waals surface area contributed by atoms with Gasteiger partial charge in [0.1, 0.15) is 23.0 Å². The lowest BCUT2D eigenvalue weighted by Crippen LogP contribution is -2.26. The molecule has 1 fully saturated rings. The summed E-state index contributed by atoms with van der Waals surface area (Å²) in [5, 5.41) is 0. The highest BCUT2D eigenvalue weighted by Gasteiger charge is 2.27. The third-order valence-corrected chi connectivity index (χ3v) is 6.13. The molecular weight excluding hydrogens is 292 g/mol. The van der Waals surface area contributed by atoms with Crippen molar-refractivity contribution in [3.63, 3.8) is 0 Å². The summed E-state index contributed by atoms with van der Waals surface area (Å²) < 4.78 is 11.5. The first-order chi connectivity index (χ1) is 10.9. The number of benzene rings is 2. The molecule has 0 aromatic heterocycles. The van der Waals surface area contributed by atoms with Gasteiger partial charge < -0.3 is 9.47 Å². The zero-order chi connectivity index (χ0) is 15.4. The quantitative estimate of drug-likeness (QED) is 0.619. The van der Waals surface area contributed by atoms with Crippen molar-refractivity contribution < 1.29 is 9.47 Å². The summed E-state index contributed by atoms with van der Waals surface area (Å²) in [5.41, 5.74) is 2.60. The molecule has 4 rings (SSSR count). The third kappa shape index (κ3) is 3.16. The molecule has 2 aromatic rings. The first kappa shape index (κ1) is 15.4. The van der Waals surface area contributed by atoms with Crippen molar-refractivity contribution >= 4 is 10.9 Å². The minimum Gasteiger partial charge on any atom is -0.457 e. The molecule has 2 aliphatic rings. The van der Waals surface area contributed by atoms with Crippen LogP contribution in [0.25, 0.3) is 0 Å². The van der Waals surface area contributed by atoms with Crippen LogP contribution < -0.4 is 4.74 Å². The molecule has 0 aliphatic carbocycles. The highest BCUT2D eigenvalue weighted by molar-refractivity contribution is 7.97. The lowest BCUT2D eigenvalue weighted by Gasteiger charge is -2.21. The van der Waals surface area contributed by atoms with Crippen LogP contribution in [0.2, 0.25) is 0 Å². The van der Waals surface area contributed by atoms with E-state index in [0.29, 0.717) is 10.9 Å². The smallest absolute Gasteiger partial charge is 0.155 e. The summed E-state index contributed by atoms with van der Waals surface area (Å²) in [6, 6.07) is 15.0. The maximum atomic E-state index is 6.00. The van der Waals surface area contributed by atoms with E-state index in [1.165, 1.54) is 16.0 Å². The van der Waals surface area contributed by atoms with Gasteiger partial charge in [-0.2, -0.15) is 0 Å². The molecule has 2 aliphatic heterocycles. The summed E-state index contributed by atoms with van der Waals surface area (Å²) in [7, 11) is 0.356. The summed E-state index contributed by atoms with van der Waals surface area (Å²) >= 11 is 0. The summed E-state index contributed by atoms with van der Waals surface area (Å²) in [6.07, 6.45) is 0.979. The van der Waals surface area contributed by atoms with E-state index in [9.17, 15) is 0 Å². The molecule has 0 unspecified atom stereocenters. The summed E-state index contributed by atoms with van der Waals surface area (Å²) in [5.74, 6) is 4.34. The highest BCUT2D eigenvalue weighted by Crippen LogP contribution is 2.37. The Bertz CT molecular complexity index is 633. The third-order valence-electron chi connectivity index (χ3n) is 3.89. The average Bonchev–Trinajstić information content (AvgIpc) is 2.62. The monoisotopic (exact) mass is 315 g/mol. The van der Waals surface area contributed by atoms with Crippen LogP contribution in [0.3, 0.4) is 0 Å². The predicted molar refractivity (Wildman–Crippen MR) is 93.3 cm³/mol. The van der Waals surface area contributed by atoms with E-state index in [-0.39, 0.29) is 0 Å². The predicted octanol–water partition coefficient (Wildman–Crippen LogP) is 4.42. The largest absolute Gasteiger partial charge is 0.457 e. The van der Waals surface area contributed by atoms with Gasteiger partial charge in [0.25, 0.3) is 0 Å². The second kappa shape index (κ2) is 7.21. The molecule has 0 amide bonds. The van der Waals surface area contributed by atoms with E-state index >= 15 is 0 Å². The van der Waals surface area contributed by atoms with Crippen LogP contribution in [0, 0.1) is 0 Å². The molecule has 3 heteroatoms. The van der Waals surface area contributed by atoms with E-state index in [1.807, 2.05) is 26.0 Å². The van der Waals surface area contributed by atoms with Gasteiger partial charge in [0.05, 0.1) is 13.2 Å². The zero-order valence-corrected chi connectivity index (χ0v) is 14.1. The van der Waals surface area contributed by atoms with E-state index in [1.54, 1.807) is 0 Å². The van der Waals surface area contributed by atoms with Crippen LogP contribution in [-0.4, -0.2) is 24.7 Å². The number of fused-ring (bicyclic) bond motifs is 2. The molecule has 0 bridgehead atoms. The van der Waals surface area contributed by atoms with Crippen LogP contribution >= 0.6 is 0 Å². The van der Waals surface area contributed by atoms with Crippen molar-refractivity contribution in [1.29, 1.82) is 0 Å². The Hall–Kier alpha value is -1.45. The van der Waals surface area contributed by atoms with Gasteiger partial charge in [0.15, 0.2) is 4.90 Å². The molecule has 0 N–H and O–H groups in total. The van der Waals surface area contributed by atoms with Gasteiger partial charge in [-0.25, -0.2) is 0 Å². The van der Waals surface area contributed by atoms with Crippen LogP contribution in [0.4, 0.5) is 0 Å². The molecule has 116 valence electrons. The average molecular weight is 315 g/mol. The van der Waals surface area contributed by atoms with Gasteiger partial charge in [-0.1, -0.05) is 32.0 Å². The Kier molecular flexibility index (Phi) is 5.06. The van der Waals surface area contributed by atoms with Gasteiger partial charge in [0, 0.05) is 28.9 Å².